The molecule has 0 heterocycles. The molecule has 0 radical (unpaired) electrons. The number of esters is 2. The number of rotatable bonds is 4. The molecule has 2 atom stereocenters. The van der Waals surface area contributed by atoms with Crippen LogP contribution in [0.2, 0.25) is 0 Å². The summed E-state index contributed by atoms with van der Waals surface area (Å²) in [5.41, 5.74) is 16.2. The largest absolute Gasteiger partial charge is 0.469 e. The number of methoxy groups -OCH3 is 2. The van der Waals surface area contributed by atoms with Crippen LogP contribution in [0.15, 0.2) is 10.2 Å². The van der Waals surface area contributed by atoms with E-state index in [9.17, 15) is 9.59 Å². The van der Waals surface area contributed by atoms with Gasteiger partial charge in [0.15, 0.2) is 10.2 Å². The summed E-state index contributed by atoms with van der Waals surface area (Å²) in [5, 5.41) is 7.84. The molecule has 1 saturated carbocycles. The Kier molecular flexibility index (Phi) is 7.45. The van der Waals surface area contributed by atoms with Gasteiger partial charge in [-0.3, -0.25) is 20.4 Å². The monoisotopic (exact) mass is 374 g/mol. The summed E-state index contributed by atoms with van der Waals surface area (Å²) < 4.78 is 9.54. The molecule has 0 aromatic rings. The van der Waals surface area contributed by atoms with Gasteiger partial charge in [-0.15, -0.1) is 0 Å². The van der Waals surface area contributed by atoms with Gasteiger partial charge in [0.25, 0.3) is 0 Å². The molecule has 0 bridgehead atoms. The maximum Gasteiger partial charge on any atom is 0.314 e. The van der Waals surface area contributed by atoms with Gasteiger partial charge in [-0.05, 0) is 24.4 Å². The van der Waals surface area contributed by atoms with Gasteiger partial charge < -0.3 is 20.9 Å². The van der Waals surface area contributed by atoms with Crippen molar-refractivity contribution in [2.45, 2.75) is 12.8 Å². The number of carbonyl (C=O) groups is 2. The molecule has 0 saturated heterocycles. The van der Waals surface area contributed by atoms with E-state index in [4.69, 9.17) is 20.9 Å². The fourth-order valence-corrected chi connectivity index (χ4v) is 2.25. The molecule has 12 heteroatoms. The van der Waals surface area contributed by atoms with Crippen LogP contribution >= 0.6 is 24.4 Å². The van der Waals surface area contributed by atoms with Crippen LogP contribution < -0.4 is 22.3 Å². The van der Waals surface area contributed by atoms with E-state index in [1.165, 1.54) is 14.2 Å². The first-order valence-corrected chi connectivity index (χ1v) is 7.51. The van der Waals surface area contributed by atoms with E-state index in [-0.39, 0.29) is 23.1 Å². The zero-order valence-electron chi connectivity index (χ0n) is 13.1. The number of nitrogens with zero attached hydrogens (tertiary/aromatic N) is 2. The van der Waals surface area contributed by atoms with E-state index < -0.39 is 23.8 Å². The Morgan fingerprint density at radius 3 is 1.54 bits per heavy atom. The predicted octanol–water partition coefficient (Wildman–Crippen LogP) is -1.26. The fourth-order valence-electron chi connectivity index (χ4n) is 2.16. The molecule has 1 aliphatic rings. The zero-order valence-corrected chi connectivity index (χ0v) is 14.7. The van der Waals surface area contributed by atoms with Gasteiger partial charge in [-0.2, -0.15) is 10.2 Å². The Labute approximate surface area is 149 Å². The van der Waals surface area contributed by atoms with E-state index in [0.29, 0.717) is 11.4 Å². The second-order valence-electron chi connectivity index (χ2n) is 4.72. The third-order valence-corrected chi connectivity index (χ3v) is 3.40. The Bertz CT molecular complexity index is 554. The number of hydrogen-bond acceptors (Lipinski definition) is 8. The highest BCUT2D eigenvalue weighted by atomic mass is 32.1. The lowest BCUT2D eigenvalue weighted by molar-refractivity contribution is -0.145. The standard InChI is InChI=1S/C12H18N6O4S2/c1-21-9(19)5-3-8(16-18-12(14)24)6(10(20)22-2)4-7(5)15-17-11(13)23/h5-6H,3-4H2,1-2H3,(H3,13,17,23)(H3,14,18,24)/b15-7-,16-8+/t5-,6+/m1/s1. The van der Waals surface area contributed by atoms with Gasteiger partial charge in [0.1, 0.15) is 11.8 Å². The van der Waals surface area contributed by atoms with E-state index in [1.807, 2.05) is 0 Å². The average Bonchev–Trinajstić information content (AvgIpc) is 2.56. The van der Waals surface area contributed by atoms with E-state index in [1.54, 1.807) is 0 Å². The minimum absolute atomic E-state index is 0.0693. The van der Waals surface area contributed by atoms with Crippen LogP contribution in [0.5, 0.6) is 0 Å². The fraction of sp³-hybridized carbons (Fsp3) is 0.500. The SMILES string of the molecule is COC(=O)[C@H]1C/C(=N/NC(N)=S)[C@H](C(=O)OC)C/C1=N\NC(N)=S. The summed E-state index contributed by atoms with van der Waals surface area (Å²) >= 11 is 9.37. The smallest absolute Gasteiger partial charge is 0.314 e. The summed E-state index contributed by atoms with van der Waals surface area (Å²) in [6.45, 7) is 0. The maximum atomic E-state index is 12.0. The highest BCUT2D eigenvalue weighted by Gasteiger charge is 2.40. The van der Waals surface area contributed by atoms with Crippen molar-refractivity contribution in [2.24, 2.45) is 33.5 Å². The molecule has 1 aliphatic carbocycles. The molecular formula is C12H18N6O4S2. The van der Waals surface area contributed by atoms with Gasteiger partial charge >= 0.3 is 11.9 Å². The molecule has 6 N–H and O–H groups in total. The summed E-state index contributed by atoms with van der Waals surface area (Å²) in [6, 6.07) is 0. The van der Waals surface area contributed by atoms with Crippen molar-refractivity contribution in [1.29, 1.82) is 0 Å². The topological polar surface area (TPSA) is 153 Å². The molecule has 0 aliphatic heterocycles. The second-order valence-corrected chi connectivity index (χ2v) is 5.60. The molecule has 0 aromatic carbocycles. The molecule has 24 heavy (non-hydrogen) atoms. The van der Waals surface area contributed by atoms with Gasteiger partial charge in [0.2, 0.25) is 0 Å². The van der Waals surface area contributed by atoms with Crippen molar-refractivity contribution in [3.05, 3.63) is 0 Å². The Hall–Kier alpha value is -2.34. The molecule has 0 aromatic heterocycles. The molecule has 1 rings (SSSR count). The molecule has 0 spiro atoms. The van der Waals surface area contributed by atoms with E-state index in [0.717, 1.165) is 0 Å². The molecule has 132 valence electrons. The molecule has 1 fully saturated rings. The van der Waals surface area contributed by atoms with Crippen molar-refractivity contribution in [1.82, 2.24) is 10.9 Å². The minimum atomic E-state index is -0.760. The van der Waals surface area contributed by atoms with Gasteiger partial charge in [0.05, 0.1) is 25.6 Å². The van der Waals surface area contributed by atoms with Gasteiger partial charge in [-0.25, -0.2) is 0 Å². The minimum Gasteiger partial charge on any atom is -0.469 e. The van der Waals surface area contributed by atoms with E-state index >= 15 is 0 Å². The van der Waals surface area contributed by atoms with Crippen molar-refractivity contribution < 1.29 is 19.1 Å². The van der Waals surface area contributed by atoms with Crippen LogP contribution in [0, 0.1) is 11.8 Å². The maximum absolute atomic E-state index is 12.0. The van der Waals surface area contributed by atoms with Crippen molar-refractivity contribution in [3.63, 3.8) is 0 Å². The lowest BCUT2D eigenvalue weighted by Gasteiger charge is -2.28. The third-order valence-electron chi connectivity index (χ3n) is 3.22. The summed E-state index contributed by atoms with van der Waals surface area (Å²) in [6.07, 6.45) is 0.139. The lowest BCUT2D eigenvalue weighted by atomic mass is 9.79. The highest BCUT2D eigenvalue weighted by molar-refractivity contribution is 7.80. The number of thiocarbonyl (C=S) groups is 2. The molecular weight excluding hydrogens is 356 g/mol. The molecule has 0 unspecified atom stereocenters. The first-order valence-electron chi connectivity index (χ1n) is 6.69. The van der Waals surface area contributed by atoms with Crippen LogP contribution in [0.25, 0.3) is 0 Å². The number of hydrogen-bond donors (Lipinski definition) is 4. The Morgan fingerprint density at radius 1 is 0.958 bits per heavy atom. The first kappa shape index (κ1) is 19.7. The van der Waals surface area contributed by atoms with Gasteiger partial charge in [0, 0.05) is 12.8 Å². The van der Waals surface area contributed by atoms with Crippen LogP contribution in [-0.4, -0.2) is 47.8 Å². The Balaban J connectivity index is 3.19. The zero-order chi connectivity index (χ0) is 18.3. The van der Waals surface area contributed by atoms with Crippen LogP contribution in [-0.2, 0) is 19.1 Å². The molecule has 10 nitrogen and oxygen atoms in total. The first-order chi connectivity index (χ1) is 11.3. The summed E-state index contributed by atoms with van der Waals surface area (Å²) in [4.78, 5) is 24.0. The van der Waals surface area contributed by atoms with Crippen LogP contribution in [0.4, 0.5) is 0 Å². The van der Waals surface area contributed by atoms with E-state index in [2.05, 4.69) is 45.5 Å². The number of nitrogens with one attached hydrogen (secondary N) is 2. The quantitative estimate of drug-likeness (QED) is 0.266. The normalized spacial score (nSPS) is 23.4. The number of ether oxygens (including phenoxy) is 2. The number of carbonyl (C=O) groups excluding carboxylic acids is 2. The number of hydrazone groups is 2. The molecule has 0 amide bonds. The number of nitrogens with two attached hydrogens (primary N) is 2. The second kappa shape index (κ2) is 9.08. The van der Waals surface area contributed by atoms with Crippen LogP contribution in [0.3, 0.4) is 0 Å². The summed E-state index contributed by atoms with van der Waals surface area (Å²) in [5.74, 6) is -2.59. The van der Waals surface area contributed by atoms with Crippen molar-refractivity contribution >= 4 is 58.0 Å². The summed E-state index contributed by atoms with van der Waals surface area (Å²) in [7, 11) is 2.49. The van der Waals surface area contributed by atoms with Gasteiger partial charge in [-0.1, -0.05) is 0 Å². The Morgan fingerprint density at radius 2 is 1.29 bits per heavy atom. The van der Waals surface area contributed by atoms with Crippen LogP contribution in [0.1, 0.15) is 12.8 Å². The predicted molar refractivity (Wildman–Crippen MR) is 95.0 cm³/mol. The van der Waals surface area contributed by atoms with Crippen molar-refractivity contribution in [3.8, 4) is 0 Å². The highest BCUT2D eigenvalue weighted by Crippen LogP contribution is 2.27. The third kappa shape index (κ3) is 5.38. The average molecular weight is 374 g/mol. The van der Waals surface area contributed by atoms with Crippen molar-refractivity contribution in [2.75, 3.05) is 14.2 Å². The lowest BCUT2D eigenvalue weighted by Crippen LogP contribution is -2.43.